The molecular formula is C25H32N6OS. The maximum atomic E-state index is 12.2. The predicted octanol–water partition coefficient (Wildman–Crippen LogP) is 3.53. The normalized spacial score (nSPS) is 19.0. The highest BCUT2D eigenvalue weighted by Gasteiger charge is 2.28. The standard InChI is InChI=1S/C25H32N6OS/c1-3-8-27-21(32)16-30-10-12-31(13-11-30)24-22-19-7-6-17(2)14-20(19)33-25(22)29-23(28-24)18-5-4-9-26-15-18/h4-5,9,15,17H,3,6-8,10-14,16H2,1-2H3,(H,27,32). The monoisotopic (exact) mass is 464 g/mol. The Morgan fingerprint density at radius 3 is 2.85 bits per heavy atom. The van der Waals surface area contributed by atoms with Crippen LogP contribution in [0.2, 0.25) is 0 Å². The summed E-state index contributed by atoms with van der Waals surface area (Å²) in [4.78, 5) is 33.8. The van der Waals surface area contributed by atoms with E-state index in [-0.39, 0.29) is 5.91 Å². The molecule has 7 nitrogen and oxygen atoms in total. The zero-order valence-corrected chi connectivity index (χ0v) is 20.3. The van der Waals surface area contributed by atoms with Gasteiger partial charge in [-0.25, -0.2) is 9.97 Å². The molecule has 1 fully saturated rings. The Kier molecular flexibility index (Phi) is 6.55. The molecule has 3 aromatic rings. The maximum Gasteiger partial charge on any atom is 0.234 e. The van der Waals surface area contributed by atoms with Crippen molar-refractivity contribution >= 4 is 33.3 Å². The molecule has 2 aliphatic rings. The highest BCUT2D eigenvalue weighted by atomic mass is 32.1. The van der Waals surface area contributed by atoms with Crippen LogP contribution < -0.4 is 10.2 Å². The zero-order chi connectivity index (χ0) is 22.8. The molecule has 33 heavy (non-hydrogen) atoms. The Labute approximate surface area is 199 Å². The van der Waals surface area contributed by atoms with Crippen molar-refractivity contribution in [3.05, 3.63) is 35.0 Å². The molecule has 1 unspecified atom stereocenters. The van der Waals surface area contributed by atoms with E-state index >= 15 is 0 Å². The van der Waals surface area contributed by atoms with E-state index in [2.05, 4.69) is 33.9 Å². The number of aromatic nitrogens is 3. The van der Waals surface area contributed by atoms with Crippen molar-refractivity contribution in [3.8, 4) is 11.4 Å². The van der Waals surface area contributed by atoms with Gasteiger partial charge in [0.25, 0.3) is 0 Å². The van der Waals surface area contributed by atoms with Gasteiger partial charge in [0.1, 0.15) is 10.6 Å². The van der Waals surface area contributed by atoms with Gasteiger partial charge in [0, 0.05) is 55.6 Å². The smallest absolute Gasteiger partial charge is 0.234 e. The van der Waals surface area contributed by atoms with Gasteiger partial charge in [0.2, 0.25) is 5.91 Å². The van der Waals surface area contributed by atoms with Crippen molar-refractivity contribution in [2.75, 3.05) is 44.2 Å². The Bertz CT molecular complexity index is 1120. The minimum Gasteiger partial charge on any atom is -0.355 e. The number of hydrogen-bond acceptors (Lipinski definition) is 7. The van der Waals surface area contributed by atoms with Gasteiger partial charge in [-0.15, -0.1) is 11.3 Å². The maximum absolute atomic E-state index is 12.2. The molecule has 0 bridgehead atoms. The molecular weight excluding hydrogens is 432 g/mol. The number of rotatable bonds is 6. The molecule has 3 aromatic heterocycles. The highest BCUT2D eigenvalue weighted by molar-refractivity contribution is 7.19. The fourth-order valence-corrected chi connectivity index (χ4v) is 6.19. The van der Waals surface area contributed by atoms with Gasteiger partial charge in [0.15, 0.2) is 5.82 Å². The van der Waals surface area contributed by atoms with Gasteiger partial charge >= 0.3 is 0 Å². The molecule has 0 saturated carbocycles. The minimum absolute atomic E-state index is 0.120. The molecule has 0 aromatic carbocycles. The van der Waals surface area contributed by atoms with Crippen LogP contribution in [-0.2, 0) is 17.6 Å². The van der Waals surface area contributed by atoms with E-state index in [9.17, 15) is 4.79 Å². The van der Waals surface area contributed by atoms with Crippen LogP contribution in [0.3, 0.4) is 0 Å². The first-order valence-corrected chi connectivity index (χ1v) is 12.9. The number of nitrogens with zero attached hydrogens (tertiary/aromatic N) is 5. The van der Waals surface area contributed by atoms with Crippen LogP contribution >= 0.6 is 11.3 Å². The van der Waals surface area contributed by atoms with Crippen LogP contribution in [0.1, 0.15) is 37.1 Å². The number of piperazine rings is 1. The quantitative estimate of drug-likeness (QED) is 0.602. The van der Waals surface area contributed by atoms with E-state index < -0.39 is 0 Å². The molecule has 1 N–H and O–H groups in total. The second-order valence-electron chi connectivity index (χ2n) is 9.26. The topological polar surface area (TPSA) is 74.2 Å². The third-order valence-corrected chi connectivity index (χ3v) is 7.82. The van der Waals surface area contributed by atoms with E-state index in [1.807, 2.05) is 29.7 Å². The molecule has 0 radical (unpaired) electrons. The summed E-state index contributed by atoms with van der Waals surface area (Å²) in [7, 11) is 0. The SMILES string of the molecule is CCCNC(=O)CN1CCN(c2nc(-c3cccnc3)nc3sc4c(c23)CCC(C)C4)CC1. The van der Waals surface area contributed by atoms with Gasteiger partial charge in [-0.1, -0.05) is 13.8 Å². The summed E-state index contributed by atoms with van der Waals surface area (Å²) in [5.41, 5.74) is 2.41. The largest absolute Gasteiger partial charge is 0.355 e. The number of nitrogens with one attached hydrogen (secondary N) is 1. The summed E-state index contributed by atoms with van der Waals surface area (Å²) in [6.45, 7) is 9.08. The molecule has 1 atom stereocenters. The van der Waals surface area contributed by atoms with Crippen LogP contribution in [-0.4, -0.2) is 65.0 Å². The third kappa shape index (κ3) is 4.73. The second kappa shape index (κ2) is 9.73. The van der Waals surface area contributed by atoms with Crippen molar-refractivity contribution < 1.29 is 4.79 Å². The molecule has 1 aliphatic heterocycles. The van der Waals surface area contributed by atoms with Gasteiger partial charge in [-0.3, -0.25) is 14.7 Å². The van der Waals surface area contributed by atoms with Gasteiger partial charge in [-0.2, -0.15) is 0 Å². The lowest BCUT2D eigenvalue weighted by molar-refractivity contribution is -0.122. The average Bonchev–Trinajstić information content (AvgIpc) is 3.20. The lowest BCUT2D eigenvalue weighted by Crippen LogP contribution is -2.49. The third-order valence-electron chi connectivity index (χ3n) is 6.67. The summed E-state index contributed by atoms with van der Waals surface area (Å²) in [6, 6.07) is 3.96. The lowest BCUT2D eigenvalue weighted by atomic mass is 9.89. The predicted molar refractivity (Wildman–Crippen MR) is 134 cm³/mol. The van der Waals surface area contributed by atoms with E-state index in [0.717, 1.165) is 79.9 Å². The zero-order valence-electron chi connectivity index (χ0n) is 19.5. The van der Waals surface area contributed by atoms with Crippen molar-refractivity contribution in [2.24, 2.45) is 5.92 Å². The summed E-state index contributed by atoms with van der Waals surface area (Å²) >= 11 is 1.85. The molecule has 8 heteroatoms. The summed E-state index contributed by atoms with van der Waals surface area (Å²) in [6.07, 6.45) is 8.06. The fraction of sp³-hybridized carbons (Fsp3) is 0.520. The number of hydrogen-bond donors (Lipinski definition) is 1. The molecule has 5 rings (SSSR count). The van der Waals surface area contributed by atoms with Crippen molar-refractivity contribution in [1.82, 2.24) is 25.2 Å². The van der Waals surface area contributed by atoms with E-state index in [4.69, 9.17) is 9.97 Å². The van der Waals surface area contributed by atoms with Crippen LogP contribution in [0.25, 0.3) is 21.6 Å². The Morgan fingerprint density at radius 2 is 2.09 bits per heavy atom. The van der Waals surface area contributed by atoms with Gasteiger partial charge in [-0.05, 0) is 49.3 Å². The molecule has 1 amide bonds. The van der Waals surface area contributed by atoms with Crippen molar-refractivity contribution in [1.29, 1.82) is 0 Å². The minimum atomic E-state index is 0.120. The van der Waals surface area contributed by atoms with Crippen LogP contribution in [0.4, 0.5) is 5.82 Å². The number of carbonyl (C=O) groups is 1. The molecule has 4 heterocycles. The summed E-state index contributed by atoms with van der Waals surface area (Å²) in [5, 5.41) is 4.24. The Balaban J connectivity index is 1.45. The number of anilines is 1. The fourth-order valence-electron chi connectivity index (χ4n) is 4.82. The second-order valence-corrected chi connectivity index (χ2v) is 10.3. The highest BCUT2D eigenvalue weighted by Crippen LogP contribution is 2.42. The number of carbonyl (C=O) groups excluding carboxylic acids is 1. The summed E-state index contributed by atoms with van der Waals surface area (Å²) < 4.78 is 0. The lowest BCUT2D eigenvalue weighted by Gasteiger charge is -2.35. The van der Waals surface area contributed by atoms with Crippen molar-refractivity contribution in [2.45, 2.75) is 39.5 Å². The number of amides is 1. The van der Waals surface area contributed by atoms with Gasteiger partial charge < -0.3 is 10.2 Å². The van der Waals surface area contributed by atoms with Gasteiger partial charge in [0.05, 0.1) is 11.9 Å². The molecule has 1 saturated heterocycles. The van der Waals surface area contributed by atoms with Crippen LogP contribution in [0, 0.1) is 5.92 Å². The number of pyridine rings is 1. The number of thiophene rings is 1. The van der Waals surface area contributed by atoms with Crippen LogP contribution in [0.15, 0.2) is 24.5 Å². The number of aryl methyl sites for hydroxylation is 1. The Morgan fingerprint density at radius 1 is 1.24 bits per heavy atom. The molecule has 174 valence electrons. The summed E-state index contributed by atoms with van der Waals surface area (Å²) in [5.74, 6) is 2.65. The van der Waals surface area contributed by atoms with Crippen LogP contribution in [0.5, 0.6) is 0 Å². The first-order valence-electron chi connectivity index (χ1n) is 12.1. The first kappa shape index (κ1) is 22.2. The molecule has 1 aliphatic carbocycles. The van der Waals surface area contributed by atoms with E-state index in [1.54, 1.807) is 6.20 Å². The molecule has 0 spiro atoms. The van der Waals surface area contributed by atoms with Crippen molar-refractivity contribution in [3.63, 3.8) is 0 Å². The first-order chi connectivity index (χ1) is 16.1. The Hall–Kier alpha value is -2.58. The average molecular weight is 465 g/mol. The number of fused-ring (bicyclic) bond motifs is 3. The van der Waals surface area contributed by atoms with E-state index in [1.165, 1.54) is 22.2 Å². The van der Waals surface area contributed by atoms with E-state index in [0.29, 0.717) is 6.54 Å².